The van der Waals surface area contributed by atoms with Gasteiger partial charge in [-0.3, -0.25) is 14.2 Å². The predicted octanol–water partition coefficient (Wildman–Crippen LogP) is 3.61. The molecule has 12 heteroatoms. The van der Waals surface area contributed by atoms with E-state index >= 15 is 0 Å². The van der Waals surface area contributed by atoms with Crippen LogP contribution >= 0.6 is 0 Å². The maximum Gasteiger partial charge on any atom is 0.434 e. The molecule has 2 aromatic heterocycles. The van der Waals surface area contributed by atoms with E-state index in [0.717, 1.165) is 23.5 Å². The number of fused-ring (bicyclic) bond motifs is 3. The molecule has 184 valence electrons. The molecule has 8 nitrogen and oxygen atoms in total. The van der Waals surface area contributed by atoms with Crippen molar-refractivity contribution < 1.29 is 31.9 Å². The minimum Gasteiger partial charge on any atom is -0.496 e. The highest BCUT2D eigenvalue weighted by Crippen LogP contribution is 2.46. The van der Waals surface area contributed by atoms with Gasteiger partial charge in [0, 0.05) is 28.6 Å². The fourth-order valence-corrected chi connectivity index (χ4v) is 4.92. The van der Waals surface area contributed by atoms with Gasteiger partial charge in [0.15, 0.2) is 5.69 Å². The van der Waals surface area contributed by atoms with E-state index in [1.165, 1.54) is 18.9 Å². The van der Waals surface area contributed by atoms with Crippen LogP contribution in [0.5, 0.6) is 5.75 Å². The molecule has 5 rings (SSSR count). The average molecular weight is 491 g/mol. The largest absolute Gasteiger partial charge is 0.496 e. The first-order valence-electron chi connectivity index (χ1n) is 10.8. The Morgan fingerprint density at radius 1 is 1.23 bits per heavy atom. The van der Waals surface area contributed by atoms with Gasteiger partial charge in [-0.05, 0) is 26.7 Å². The molecule has 35 heavy (non-hydrogen) atoms. The van der Waals surface area contributed by atoms with E-state index in [0.29, 0.717) is 5.56 Å². The number of benzene rings is 1. The van der Waals surface area contributed by atoms with Crippen molar-refractivity contribution in [2.75, 3.05) is 12.8 Å². The van der Waals surface area contributed by atoms with Crippen LogP contribution in [0.1, 0.15) is 56.1 Å². The Hall–Kier alpha value is -3.83. The van der Waals surface area contributed by atoms with Gasteiger partial charge in [0.05, 0.1) is 41.7 Å². The summed E-state index contributed by atoms with van der Waals surface area (Å²) in [5.41, 5.74) is 9.69. The van der Waals surface area contributed by atoms with E-state index in [-0.39, 0.29) is 46.4 Å². The Morgan fingerprint density at radius 3 is 2.43 bits per heavy atom. The second-order valence-electron chi connectivity index (χ2n) is 8.79. The third-order valence-electron chi connectivity index (χ3n) is 6.65. The van der Waals surface area contributed by atoms with Gasteiger partial charge in [0.2, 0.25) is 0 Å². The Kier molecular flexibility index (Phi) is 4.81. The topological polar surface area (TPSA) is 116 Å². The van der Waals surface area contributed by atoms with Crippen molar-refractivity contribution in [3.8, 4) is 11.4 Å². The molecule has 2 amide bonds. The minimum absolute atomic E-state index is 0.0338. The number of amides is 2. The molecule has 4 N–H and O–H groups in total. The van der Waals surface area contributed by atoms with Crippen LogP contribution in [-0.2, 0) is 12.7 Å². The Labute approximate surface area is 196 Å². The van der Waals surface area contributed by atoms with Crippen molar-refractivity contribution in [3.63, 3.8) is 0 Å². The Bertz CT molecular complexity index is 1460. The van der Waals surface area contributed by atoms with E-state index in [1.807, 2.05) is 0 Å². The Morgan fingerprint density at radius 2 is 1.89 bits per heavy atom. The van der Waals surface area contributed by atoms with E-state index in [1.54, 1.807) is 6.92 Å². The number of pyridine rings is 1. The Balaban J connectivity index is 2.02. The van der Waals surface area contributed by atoms with Gasteiger partial charge in [-0.2, -0.15) is 13.2 Å². The summed E-state index contributed by atoms with van der Waals surface area (Å²) in [6.07, 6.45) is -3.54. The molecule has 1 aliphatic heterocycles. The number of nitrogen functional groups attached to an aromatic ring is 1. The maximum atomic E-state index is 14.9. The van der Waals surface area contributed by atoms with Crippen LogP contribution in [-0.4, -0.2) is 39.4 Å². The number of nitrogens with zero attached hydrogens (tertiary/aromatic N) is 3. The lowest BCUT2D eigenvalue weighted by Crippen LogP contribution is -2.26. The summed E-state index contributed by atoms with van der Waals surface area (Å²) in [6.45, 7) is 2.87. The standard InChI is InChI=1S/C23H21F4N5O3/c1-8-11(24)6-13(35-3)9(2)17(8)32-18-14-12(7-31(22(14)34)10-4-5-10)30-19(23(25,26)27)15(18)16(20(32)28)21(29)33/h6,10H,4-5,7,28H2,1-3H3,(H2,29,33). The summed E-state index contributed by atoms with van der Waals surface area (Å²) in [4.78, 5) is 31.1. The predicted molar refractivity (Wildman–Crippen MR) is 118 cm³/mol. The number of hydrogen-bond donors (Lipinski definition) is 2. The van der Waals surface area contributed by atoms with Crippen LogP contribution in [0.4, 0.5) is 23.4 Å². The molecule has 1 aliphatic carbocycles. The van der Waals surface area contributed by atoms with Crippen molar-refractivity contribution in [2.45, 2.75) is 45.5 Å². The van der Waals surface area contributed by atoms with Crippen LogP contribution in [0.25, 0.3) is 16.6 Å². The third-order valence-corrected chi connectivity index (χ3v) is 6.65. The highest BCUT2D eigenvalue weighted by Gasteiger charge is 2.46. The SMILES string of the molecule is COc1cc(F)c(C)c(-n2c(N)c(C(N)=O)c3c(C(F)(F)F)nc4c(c32)C(=O)N(C2CC2)C4)c1C. The zero-order valence-electron chi connectivity index (χ0n) is 19.0. The summed E-state index contributed by atoms with van der Waals surface area (Å²) in [5, 5.41) is -0.686. The van der Waals surface area contributed by atoms with Crippen molar-refractivity contribution >= 4 is 28.5 Å². The van der Waals surface area contributed by atoms with E-state index in [4.69, 9.17) is 16.2 Å². The van der Waals surface area contributed by atoms with E-state index in [9.17, 15) is 27.2 Å². The van der Waals surface area contributed by atoms with Crippen LogP contribution < -0.4 is 16.2 Å². The number of aromatic nitrogens is 2. The number of alkyl halides is 3. The van der Waals surface area contributed by atoms with Gasteiger partial charge in [-0.1, -0.05) is 0 Å². The highest BCUT2D eigenvalue weighted by molar-refractivity contribution is 6.18. The van der Waals surface area contributed by atoms with E-state index in [2.05, 4.69) is 4.98 Å². The summed E-state index contributed by atoms with van der Waals surface area (Å²) in [5.74, 6) is -2.82. The first-order chi connectivity index (χ1) is 16.4. The number of rotatable bonds is 4. The lowest BCUT2D eigenvalue weighted by molar-refractivity contribution is -0.139. The molecule has 0 spiro atoms. The molecule has 0 bridgehead atoms. The third kappa shape index (κ3) is 3.15. The van der Waals surface area contributed by atoms with Crippen molar-refractivity contribution in [3.05, 3.63) is 45.5 Å². The van der Waals surface area contributed by atoms with Gasteiger partial charge >= 0.3 is 6.18 Å². The fraction of sp³-hybridized carbons (Fsp3) is 0.348. The van der Waals surface area contributed by atoms with Crippen LogP contribution in [0.3, 0.4) is 0 Å². The van der Waals surface area contributed by atoms with Gasteiger partial charge in [-0.15, -0.1) is 0 Å². The first kappa shape index (κ1) is 22.9. The molecule has 1 aromatic carbocycles. The summed E-state index contributed by atoms with van der Waals surface area (Å²) >= 11 is 0. The second-order valence-corrected chi connectivity index (χ2v) is 8.79. The van der Waals surface area contributed by atoms with Gasteiger partial charge in [0.25, 0.3) is 11.8 Å². The number of anilines is 1. The molecule has 0 unspecified atom stereocenters. The highest BCUT2D eigenvalue weighted by atomic mass is 19.4. The number of hydrogen-bond acceptors (Lipinski definition) is 5. The fourth-order valence-electron chi connectivity index (χ4n) is 4.92. The first-order valence-corrected chi connectivity index (χ1v) is 10.8. The quantitative estimate of drug-likeness (QED) is 0.541. The molecule has 2 aliphatic rings. The number of nitrogens with two attached hydrogens (primary N) is 2. The molecule has 3 heterocycles. The smallest absolute Gasteiger partial charge is 0.434 e. The molecular weight excluding hydrogens is 470 g/mol. The average Bonchev–Trinajstić information content (AvgIpc) is 3.50. The summed E-state index contributed by atoms with van der Waals surface area (Å²) in [7, 11) is 1.31. The monoisotopic (exact) mass is 491 g/mol. The molecular formula is C23H21F4N5O3. The van der Waals surface area contributed by atoms with Crippen molar-refractivity contribution in [1.82, 2.24) is 14.5 Å². The molecule has 0 radical (unpaired) electrons. The van der Waals surface area contributed by atoms with Gasteiger partial charge in [-0.25, -0.2) is 9.37 Å². The molecule has 0 saturated heterocycles. The minimum atomic E-state index is -4.99. The van der Waals surface area contributed by atoms with Crippen molar-refractivity contribution in [1.29, 1.82) is 0 Å². The number of primary amides is 1. The summed E-state index contributed by atoms with van der Waals surface area (Å²) in [6, 6.07) is 1.04. The molecule has 3 aromatic rings. The van der Waals surface area contributed by atoms with Gasteiger partial charge in [0.1, 0.15) is 17.4 Å². The number of halogens is 4. The zero-order chi connectivity index (χ0) is 25.6. The molecule has 1 fully saturated rings. The van der Waals surface area contributed by atoms with Crippen LogP contribution in [0, 0.1) is 19.7 Å². The number of methoxy groups -OCH3 is 1. The molecule has 0 atom stereocenters. The number of carbonyl (C=O) groups excluding carboxylic acids is 2. The lowest BCUT2D eigenvalue weighted by atomic mass is 10.0. The maximum absolute atomic E-state index is 14.9. The zero-order valence-corrected chi connectivity index (χ0v) is 19.0. The van der Waals surface area contributed by atoms with Crippen LogP contribution in [0.2, 0.25) is 0 Å². The van der Waals surface area contributed by atoms with Crippen LogP contribution in [0.15, 0.2) is 6.07 Å². The van der Waals surface area contributed by atoms with Gasteiger partial charge < -0.3 is 21.1 Å². The summed E-state index contributed by atoms with van der Waals surface area (Å²) < 4.78 is 64.0. The molecule has 1 saturated carbocycles. The number of ether oxygens (including phenoxy) is 1. The van der Waals surface area contributed by atoms with Crippen molar-refractivity contribution in [2.24, 2.45) is 5.73 Å². The normalized spacial score (nSPS) is 15.7. The van der Waals surface area contributed by atoms with E-state index < -0.39 is 46.3 Å². The number of carbonyl (C=O) groups is 2. The second kappa shape index (κ2) is 7.33. The lowest BCUT2D eigenvalue weighted by Gasteiger charge is -2.19.